The third-order valence-electron chi connectivity index (χ3n) is 6.01. The maximum atomic E-state index is 6.10. The zero-order valence-electron chi connectivity index (χ0n) is 17.7. The number of hydrogen-bond acceptors (Lipinski definition) is 4. The van der Waals surface area contributed by atoms with Crippen LogP contribution in [0.25, 0.3) is 0 Å². The minimum Gasteiger partial charge on any atom is -0.381 e. The molecule has 0 aromatic rings. The summed E-state index contributed by atoms with van der Waals surface area (Å²) in [5, 5.41) is 7.10. The zero-order valence-corrected chi connectivity index (χ0v) is 17.7. The van der Waals surface area contributed by atoms with Gasteiger partial charge < -0.3 is 25.0 Å². The lowest BCUT2D eigenvalue weighted by atomic mass is 9.78. The second-order valence-corrected chi connectivity index (χ2v) is 9.10. The summed E-state index contributed by atoms with van der Waals surface area (Å²) >= 11 is 0. The first-order valence-corrected chi connectivity index (χ1v) is 10.1. The van der Waals surface area contributed by atoms with Gasteiger partial charge in [0.05, 0.1) is 6.10 Å². The maximum absolute atomic E-state index is 6.10. The van der Waals surface area contributed by atoms with Crippen molar-refractivity contribution in [2.45, 2.75) is 58.1 Å². The normalized spacial score (nSPS) is 27.4. The van der Waals surface area contributed by atoms with E-state index in [1.165, 1.54) is 6.42 Å². The molecule has 0 aromatic carbocycles. The molecule has 2 unspecified atom stereocenters. The molecule has 2 saturated heterocycles. The average molecular weight is 369 g/mol. The van der Waals surface area contributed by atoms with Crippen LogP contribution in [0.5, 0.6) is 0 Å². The van der Waals surface area contributed by atoms with Crippen molar-refractivity contribution in [2.24, 2.45) is 16.3 Å². The third kappa shape index (κ3) is 5.57. The molecule has 6 nitrogen and oxygen atoms in total. The highest BCUT2D eigenvalue weighted by Crippen LogP contribution is 2.33. The Balaban J connectivity index is 1.89. The van der Waals surface area contributed by atoms with Gasteiger partial charge in [0.1, 0.15) is 0 Å². The van der Waals surface area contributed by atoms with Gasteiger partial charge in [0, 0.05) is 51.4 Å². The second-order valence-electron chi connectivity index (χ2n) is 9.10. The van der Waals surface area contributed by atoms with Gasteiger partial charge in [-0.3, -0.25) is 4.99 Å². The van der Waals surface area contributed by atoms with E-state index in [9.17, 15) is 0 Å². The van der Waals surface area contributed by atoms with E-state index in [1.807, 2.05) is 7.05 Å². The molecule has 0 bridgehead atoms. The molecule has 2 atom stereocenters. The number of rotatable bonds is 5. The van der Waals surface area contributed by atoms with Gasteiger partial charge in [0.15, 0.2) is 5.96 Å². The van der Waals surface area contributed by atoms with Crippen LogP contribution >= 0.6 is 0 Å². The van der Waals surface area contributed by atoms with E-state index < -0.39 is 0 Å². The van der Waals surface area contributed by atoms with Gasteiger partial charge in [-0.25, -0.2) is 0 Å². The van der Waals surface area contributed by atoms with Crippen LogP contribution in [0.15, 0.2) is 4.99 Å². The fourth-order valence-electron chi connectivity index (χ4n) is 4.24. The van der Waals surface area contributed by atoms with E-state index in [2.05, 4.69) is 55.4 Å². The van der Waals surface area contributed by atoms with E-state index in [0.29, 0.717) is 12.0 Å². The first kappa shape index (κ1) is 21.5. The lowest BCUT2D eigenvalue weighted by molar-refractivity contribution is -0.0835. The number of aliphatic imine (C=N–C) groups is 1. The fourth-order valence-corrected chi connectivity index (χ4v) is 4.24. The summed E-state index contributed by atoms with van der Waals surface area (Å²) < 4.78 is 11.7. The molecule has 2 fully saturated rings. The molecule has 0 aromatic heterocycles. The molecule has 152 valence electrons. The van der Waals surface area contributed by atoms with Crippen LogP contribution in [-0.4, -0.2) is 76.6 Å². The number of nitrogens with zero attached hydrogens (tertiary/aromatic N) is 2. The molecule has 0 radical (unpaired) electrons. The Hall–Kier alpha value is -0.850. The van der Waals surface area contributed by atoms with Crippen LogP contribution in [0.2, 0.25) is 0 Å². The number of guanidine groups is 1. The van der Waals surface area contributed by atoms with Crippen molar-refractivity contribution >= 4 is 5.96 Å². The van der Waals surface area contributed by atoms with Gasteiger partial charge in [-0.1, -0.05) is 20.8 Å². The molecule has 2 rings (SSSR count). The summed E-state index contributed by atoms with van der Waals surface area (Å²) in [6.45, 7) is 11.2. The molecule has 0 spiro atoms. The predicted molar refractivity (Wildman–Crippen MR) is 108 cm³/mol. The van der Waals surface area contributed by atoms with Gasteiger partial charge in [0.2, 0.25) is 0 Å². The Morgan fingerprint density at radius 2 is 1.85 bits per heavy atom. The lowest BCUT2D eigenvalue weighted by Crippen LogP contribution is -2.57. The summed E-state index contributed by atoms with van der Waals surface area (Å²) in [6, 6.07) is 0. The molecule has 26 heavy (non-hydrogen) atoms. The van der Waals surface area contributed by atoms with Gasteiger partial charge in [0.25, 0.3) is 0 Å². The maximum Gasteiger partial charge on any atom is 0.191 e. The second kappa shape index (κ2) is 9.38. The van der Waals surface area contributed by atoms with Crippen molar-refractivity contribution in [1.82, 2.24) is 15.5 Å². The highest BCUT2D eigenvalue weighted by molar-refractivity contribution is 5.79. The van der Waals surface area contributed by atoms with Crippen LogP contribution in [-0.2, 0) is 9.47 Å². The Bertz CT molecular complexity index is 453. The zero-order chi connectivity index (χ0) is 19.2. The summed E-state index contributed by atoms with van der Waals surface area (Å²) in [6.07, 6.45) is 4.75. The van der Waals surface area contributed by atoms with Gasteiger partial charge >= 0.3 is 0 Å². The quantitative estimate of drug-likeness (QED) is 0.575. The molecule has 2 heterocycles. The lowest BCUT2D eigenvalue weighted by Gasteiger charge is -2.43. The molecular weight excluding hydrogens is 328 g/mol. The Labute approximate surface area is 160 Å². The van der Waals surface area contributed by atoms with Crippen LogP contribution < -0.4 is 10.6 Å². The van der Waals surface area contributed by atoms with E-state index in [0.717, 1.165) is 58.1 Å². The van der Waals surface area contributed by atoms with Crippen LogP contribution in [0.3, 0.4) is 0 Å². The first-order valence-electron chi connectivity index (χ1n) is 10.1. The number of ether oxygens (including phenoxy) is 2. The van der Waals surface area contributed by atoms with Crippen molar-refractivity contribution in [2.75, 3.05) is 54.1 Å². The molecule has 0 aliphatic carbocycles. The van der Waals surface area contributed by atoms with Crippen LogP contribution in [0.1, 0.15) is 46.5 Å². The number of likely N-dealkylation sites (N-methyl/N-ethyl adjacent to an activating group) is 1. The topological polar surface area (TPSA) is 58.1 Å². The van der Waals surface area contributed by atoms with E-state index in [-0.39, 0.29) is 11.0 Å². The molecule has 2 aliphatic heterocycles. The molecular formula is C20H40N4O2. The minimum atomic E-state index is 0.137. The molecule has 6 heteroatoms. The minimum absolute atomic E-state index is 0.137. The summed E-state index contributed by atoms with van der Waals surface area (Å²) in [4.78, 5) is 6.77. The van der Waals surface area contributed by atoms with Crippen molar-refractivity contribution in [1.29, 1.82) is 0 Å². The highest BCUT2D eigenvalue weighted by Gasteiger charge is 2.36. The van der Waals surface area contributed by atoms with Crippen molar-refractivity contribution < 1.29 is 9.47 Å². The number of nitrogens with one attached hydrogen (secondary N) is 2. The summed E-state index contributed by atoms with van der Waals surface area (Å²) in [7, 11) is 6.17. The van der Waals surface area contributed by atoms with Crippen molar-refractivity contribution in [3.8, 4) is 0 Å². The molecule has 0 saturated carbocycles. The van der Waals surface area contributed by atoms with Crippen molar-refractivity contribution in [3.63, 3.8) is 0 Å². The summed E-state index contributed by atoms with van der Waals surface area (Å²) in [5.41, 5.74) is 0.304. The molecule has 2 N–H and O–H groups in total. The van der Waals surface area contributed by atoms with E-state index >= 15 is 0 Å². The third-order valence-corrected chi connectivity index (χ3v) is 6.01. The Kier molecular flexibility index (Phi) is 7.74. The van der Waals surface area contributed by atoms with E-state index in [4.69, 9.17) is 9.47 Å². The first-order chi connectivity index (χ1) is 12.3. The van der Waals surface area contributed by atoms with Gasteiger partial charge in [-0.15, -0.1) is 0 Å². The predicted octanol–water partition coefficient (Wildman–Crippen LogP) is 2.10. The average Bonchev–Trinajstić information content (AvgIpc) is 2.62. The highest BCUT2D eigenvalue weighted by atomic mass is 16.5. The standard InChI is InChI=1S/C20H40N4O2/c1-19(2,3)17-16(8-7-11-26-17)14-22-18(21-4)23-15-20(24(5)6)9-12-25-13-10-20/h16-17H,7-15H2,1-6H3,(H2,21,22,23). The molecule has 0 amide bonds. The van der Waals surface area contributed by atoms with Crippen LogP contribution in [0.4, 0.5) is 0 Å². The van der Waals surface area contributed by atoms with Gasteiger partial charge in [-0.2, -0.15) is 0 Å². The van der Waals surface area contributed by atoms with Gasteiger partial charge in [-0.05, 0) is 45.2 Å². The SMILES string of the molecule is CN=C(NCC1CCCOC1C(C)(C)C)NCC1(N(C)C)CCOCC1. The summed E-state index contributed by atoms with van der Waals surface area (Å²) in [5.74, 6) is 1.41. The largest absolute Gasteiger partial charge is 0.381 e. The molecule has 2 aliphatic rings. The Morgan fingerprint density at radius 3 is 2.42 bits per heavy atom. The fraction of sp³-hybridized carbons (Fsp3) is 0.950. The Morgan fingerprint density at radius 1 is 1.15 bits per heavy atom. The van der Waals surface area contributed by atoms with Crippen molar-refractivity contribution in [3.05, 3.63) is 0 Å². The monoisotopic (exact) mass is 368 g/mol. The number of hydrogen-bond donors (Lipinski definition) is 2. The van der Waals surface area contributed by atoms with Crippen LogP contribution in [0, 0.1) is 11.3 Å². The smallest absolute Gasteiger partial charge is 0.191 e. The van der Waals surface area contributed by atoms with E-state index in [1.54, 1.807) is 0 Å².